The van der Waals surface area contributed by atoms with Gasteiger partial charge < -0.3 is 16.2 Å². The fourth-order valence-electron chi connectivity index (χ4n) is 1.68. The van der Waals surface area contributed by atoms with E-state index in [9.17, 15) is 14.3 Å². The van der Waals surface area contributed by atoms with E-state index in [1.165, 1.54) is 6.07 Å². The largest absolute Gasteiger partial charge is 0.478 e. The van der Waals surface area contributed by atoms with E-state index in [1.54, 1.807) is 12.1 Å². The van der Waals surface area contributed by atoms with Crippen LogP contribution in [0.1, 0.15) is 10.4 Å². The average molecular weight is 404 g/mol. The molecule has 2 rings (SSSR count). The van der Waals surface area contributed by atoms with Gasteiger partial charge in [-0.3, -0.25) is 0 Å². The third kappa shape index (κ3) is 2.78. The number of hydrogen-bond donors (Lipinski definition) is 3. The number of nitrogens with two attached hydrogens (primary N) is 1. The number of para-hydroxylation sites is 1. The van der Waals surface area contributed by atoms with Gasteiger partial charge in [0.15, 0.2) is 0 Å². The number of halogens is 3. The van der Waals surface area contributed by atoms with E-state index in [0.717, 1.165) is 15.0 Å². The number of rotatable bonds is 3. The maximum atomic E-state index is 13.4. The first-order valence-electron chi connectivity index (χ1n) is 5.44. The lowest BCUT2D eigenvalue weighted by Crippen LogP contribution is -2.09. The summed E-state index contributed by atoms with van der Waals surface area (Å²) in [6.45, 7) is 0. The van der Waals surface area contributed by atoms with Crippen LogP contribution < -0.4 is 11.1 Å². The van der Waals surface area contributed by atoms with Gasteiger partial charge in [0.25, 0.3) is 0 Å². The van der Waals surface area contributed by atoms with Gasteiger partial charge in [-0.15, -0.1) is 0 Å². The molecule has 0 heterocycles. The second kappa shape index (κ2) is 5.80. The molecule has 0 saturated heterocycles. The van der Waals surface area contributed by atoms with E-state index >= 15 is 0 Å². The molecule has 0 atom stereocenters. The minimum absolute atomic E-state index is 0.212. The van der Waals surface area contributed by atoms with E-state index in [1.807, 2.05) is 6.07 Å². The van der Waals surface area contributed by atoms with Crippen molar-refractivity contribution in [3.63, 3.8) is 0 Å². The summed E-state index contributed by atoms with van der Waals surface area (Å²) in [6, 6.07) is 7.85. The van der Waals surface area contributed by atoms with Gasteiger partial charge in [0.2, 0.25) is 0 Å². The van der Waals surface area contributed by atoms with Crippen molar-refractivity contribution >= 4 is 54.9 Å². The first-order valence-corrected chi connectivity index (χ1v) is 7.02. The van der Waals surface area contributed by atoms with E-state index in [-0.39, 0.29) is 11.3 Å². The smallest absolute Gasteiger partial charge is 0.340 e. The van der Waals surface area contributed by atoms with Crippen LogP contribution in [0.2, 0.25) is 0 Å². The van der Waals surface area contributed by atoms with Crippen LogP contribution in [0.4, 0.5) is 21.5 Å². The summed E-state index contributed by atoms with van der Waals surface area (Å²) < 4.78 is 14.8. The van der Waals surface area contributed by atoms with Crippen LogP contribution in [0.15, 0.2) is 39.3 Å². The fraction of sp³-hybridized carbons (Fsp3) is 0. The molecule has 0 bridgehead atoms. The van der Waals surface area contributed by atoms with Crippen LogP contribution in [0, 0.1) is 5.82 Å². The molecule has 20 heavy (non-hydrogen) atoms. The third-order valence-electron chi connectivity index (χ3n) is 2.63. The van der Waals surface area contributed by atoms with E-state index in [2.05, 4.69) is 37.2 Å². The topological polar surface area (TPSA) is 75.3 Å². The fourth-order valence-corrected chi connectivity index (χ4v) is 2.88. The Labute approximate surface area is 131 Å². The molecule has 0 aliphatic heterocycles. The Morgan fingerprint density at radius 2 is 1.80 bits per heavy atom. The van der Waals surface area contributed by atoms with Gasteiger partial charge in [-0.25, -0.2) is 9.18 Å². The van der Waals surface area contributed by atoms with Crippen molar-refractivity contribution in [2.24, 2.45) is 0 Å². The van der Waals surface area contributed by atoms with Crippen LogP contribution in [0.5, 0.6) is 0 Å². The van der Waals surface area contributed by atoms with Gasteiger partial charge in [-0.1, -0.05) is 6.07 Å². The maximum Gasteiger partial charge on any atom is 0.340 e. The minimum atomic E-state index is -1.30. The number of anilines is 3. The van der Waals surface area contributed by atoms with Crippen LogP contribution in [0.3, 0.4) is 0 Å². The standard InChI is InChI=1S/C13H9Br2FN2O2/c14-6-2-1-3-7(15)12(6)18-9-5-4-8(16)11(17)10(9)13(19)20/h1-5,18H,17H2,(H,19,20). The summed E-state index contributed by atoms with van der Waals surface area (Å²) in [7, 11) is 0. The van der Waals surface area contributed by atoms with Gasteiger partial charge >= 0.3 is 5.97 Å². The van der Waals surface area contributed by atoms with E-state index in [4.69, 9.17) is 5.73 Å². The number of nitrogen functional groups attached to an aromatic ring is 1. The Hall–Kier alpha value is -1.60. The zero-order valence-corrected chi connectivity index (χ0v) is 13.1. The minimum Gasteiger partial charge on any atom is -0.478 e. The zero-order valence-electron chi connectivity index (χ0n) is 9.95. The highest BCUT2D eigenvalue weighted by Crippen LogP contribution is 2.35. The van der Waals surface area contributed by atoms with Crippen molar-refractivity contribution in [2.75, 3.05) is 11.1 Å². The molecule has 0 saturated carbocycles. The van der Waals surface area contributed by atoms with Crippen LogP contribution in [0.25, 0.3) is 0 Å². The SMILES string of the molecule is Nc1c(F)ccc(Nc2c(Br)cccc2Br)c1C(=O)O. The maximum absolute atomic E-state index is 13.4. The lowest BCUT2D eigenvalue weighted by molar-refractivity contribution is 0.0698. The molecule has 2 aromatic rings. The molecule has 2 aromatic carbocycles. The molecule has 0 aromatic heterocycles. The predicted octanol–water partition coefficient (Wildman–Crippen LogP) is 4.37. The predicted molar refractivity (Wildman–Crippen MR) is 82.9 cm³/mol. The Morgan fingerprint density at radius 3 is 2.35 bits per heavy atom. The molecule has 0 unspecified atom stereocenters. The van der Waals surface area contributed by atoms with Gasteiger partial charge in [-0.2, -0.15) is 0 Å². The Bertz CT molecular complexity index is 672. The quantitative estimate of drug-likeness (QED) is 0.665. The monoisotopic (exact) mass is 402 g/mol. The van der Waals surface area contributed by atoms with Crippen molar-refractivity contribution in [1.29, 1.82) is 0 Å². The first-order chi connectivity index (χ1) is 9.41. The van der Waals surface area contributed by atoms with E-state index < -0.39 is 17.5 Å². The molecule has 0 radical (unpaired) electrons. The molecule has 0 spiro atoms. The van der Waals surface area contributed by atoms with Gasteiger partial charge in [-0.05, 0) is 56.1 Å². The summed E-state index contributed by atoms with van der Waals surface area (Å²) >= 11 is 6.71. The molecule has 104 valence electrons. The van der Waals surface area contributed by atoms with Crippen LogP contribution >= 0.6 is 31.9 Å². The molecule has 7 heteroatoms. The molecule has 0 aliphatic rings. The van der Waals surface area contributed by atoms with Crippen molar-refractivity contribution in [3.8, 4) is 0 Å². The molecular weight excluding hydrogens is 395 g/mol. The summed E-state index contributed by atoms with van der Waals surface area (Å²) in [5.74, 6) is -2.06. The molecule has 4 N–H and O–H groups in total. The number of nitrogens with one attached hydrogen (secondary N) is 1. The van der Waals surface area contributed by atoms with Crippen LogP contribution in [-0.4, -0.2) is 11.1 Å². The molecule has 0 amide bonds. The van der Waals surface area contributed by atoms with Crippen LogP contribution in [-0.2, 0) is 0 Å². The third-order valence-corrected chi connectivity index (χ3v) is 3.95. The number of carboxylic acid groups (broad SMARTS) is 1. The molecule has 4 nitrogen and oxygen atoms in total. The summed E-state index contributed by atoms with van der Waals surface area (Å²) in [5, 5.41) is 12.1. The molecule has 0 aliphatic carbocycles. The second-order valence-electron chi connectivity index (χ2n) is 3.91. The Morgan fingerprint density at radius 1 is 1.20 bits per heavy atom. The van der Waals surface area contributed by atoms with Crippen molar-refractivity contribution < 1.29 is 14.3 Å². The molecule has 0 fully saturated rings. The number of carboxylic acids is 1. The number of hydrogen-bond acceptors (Lipinski definition) is 3. The highest BCUT2D eigenvalue weighted by atomic mass is 79.9. The Kier molecular flexibility index (Phi) is 4.29. The van der Waals surface area contributed by atoms with E-state index in [0.29, 0.717) is 5.69 Å². The highest BCUT2D eigenvalue weighted by molar-refractivity contribution is 9.11. The second-order valence-corrected chi connectivity index (χ2v) is 5.62. The van der Waals surface area contributed by atoms with Gasteiger partial charge in [0.1, 0.15) is 11.4 Å². The van der Waals surface area contributed by atoms with Gasteiger partial charge in [0.05, 0.1) is 17.1 Å². The van der Waals surface area contributed by atoms with Gasteiger partial charge in [0, 0.05) is 8.95 Å². The normalized spacial score (nSPS) is 10.3. The molecular formula is C13H9Br2FN2O2. The van der Waals surface area contributed by atoms with Crippen molar-refractivity contribution in [1.82, 2.24) is 0 Å². The number of benzene rings is 2. The zero-order chi connectivity index (χ0) is 14.9. The number of carbonyl (C=O) groups is 1. The average Bonchev–Trinajstić information content (AvgIpc) is 2.37. The first kappa shape index (κ1) is 14.8. The summed E-state index contributed by atoms with van der Waals surface area (Å²) in [6.07, 6.45) is 0. The summed E-state index contributed by atoms with van der Waals surface area (Å²) in [4.78, 5) is 11.2. The summed E-state index contributed by atoms with van der Waals surface area (Å²) in [5.41, 5.74) is 5.64. The lowest BCUT2D eigenvalue weighted by atomic mass is 10.1. The lowest BCUT2D eigenvalue weighted by Gasteiger charge is -2.14. The highest BCUT2D eigenvalue weighted by Gasteiger charge is 2.18. The van der Waals surface area contributed by atoms with Crippen molar-refractivity contribution in [2.45, 2.75) is 0 Å². The number of aromatic carboxylic acids is 1. The van der Waals surface area contributed by atoms with Crippen molar-refractivity contribution in [3.05, 3.63) is 50.7 Å². The Balaban J connectivity index is 2.55.